The van der Waals surface area contributed by atoms with Crippen LogP contribution in [0.25, 0.3) is 0 Å². The Morgan fingerprint density at radius 2 is 2.00 bits per heavy atom. The zero-order valence-corrected chi connectivity index (χ0v) is 19.3. The van der Waals surface area contributed by atoms with Gasteiger partial charge in [-0.3, -0.25) is 9.59 Å². The molecular weight excluding hydrogens is 440 g/mol. The van der Waals surface area contributed by atoms with Crippen LogP contribution in [-0.2, 0) is 0 Å². The fourth-order valence-electron chi connectivity index (χ4n) is 4.90. The number of carbonyl (C=O) groups excluding carboxylic acids is 2. The number of piperidine rings is 1. The van der Waals surface area contributed by atoms with Gasteiger partial charge in [0.05, 0.1) is 11.5 Å². The van der Waals surface area contributed by atoms with Crippen molar-refractivity contribution in [3.63, 3.8) is 0 Å². The standard InChI is InChI=1S/C26H31F2N3O3/c1-29-25(33)20-14-18(24(32)31-12-6-10-26(28)9-5-11-30-16-26)13-19-22(17-7-3-2-4-8-17)21(15-27)34-23(19)20/h2-4,7-8,13-14,21-22,30H,5-6,9-12,15-16H2,1H3,(H,29,33)(H,31,32)/t21?,22-,26+/m0/s1. The molecule has 0 saturated carbocycles. The number of carbonyl (C=O) groups is 2. The SMILES string of the molecule is CNC(=O)c1cc(C(=O)NCCC[C@]2(F)CCCNC2)cc2c1OC(CF)[C@H]2c1ccccc1. The number of halogens is 2. The Morgan fingerprint density at radius 1 is 1.21 bits per heavy atom. The molecule has 0 aromatic heterocycles. The van der Waals surface area contributed by atoms with Crippen LogP contribution in [0.15, 0.2) is 42.5 Å². The highest BCUT2D eigenvalue weighted by atomic mass is 19.1. The minimum absolute atomic E-state index is 0.193. The second-order valence-corrected chi connectivity index (χ2v) is 9.01. The highest BCUT2D eigenvalue weighted by molar-refractivity contribution is 6.02. The summed E-state index contributed by atoms with van der Waals surface area (Å²) >= 11 is 0. The molecule has 0 aliphatic carbocycles. The van der Waals surface area contributed by atoms with E-state index in [9.17, 15) is 18.4 Å². The lowest BCUT2D eigenvalue weighted by Gasteiger charge is -2.30. The van der Waals surface area contributed by atoms with Gasteiger partial charge in [0.25, 0.3) is 11.8 Å². The normalized spacial score (nSPS) is 23.6. The van der Waals surface area contributed by atoms with Gasteiger partial charge in [-0.25, -0.2) is 8.78 Å². The number of fused-ring (bicyclic) bond motifs is 1. The van der Waals surface area contributed by atoms with Crippen molar-refractivity contribution in [3.05, 3.63) is 64.7 Å². The highest BCUT2D eigenvalue weighted by Gasteiger charge is 2.39. The Kier molecular flexibility index (Phi) is 7.46. The zero-order valence-electron chi connectivity index (χ0n) is 19.3. The van der Waals surface area contributed by atoms with Gasteiger partial charge in [0.15, 0.2) is 0 Å². The summed E-state index contributed by atoms with van der Waals surface area (Å²) < 4.78 is 34.6. The third-order valence-corrected chi connectivity index (χ3v) is 6.65. The molecule has 2 heterocycles. The zero-order chi connectivity index (χ0) is 24.1. The van der Waals surface area contributed by atoms with Gasteiger partial charge in [0, 0.05) is 31.3 Å². The summed E-state index contributed by atoms with van der Waals surface area (Å²) in [5, 5.41) is 8.49. The Labute approximate surface area is 198 Å². The second-order valence-electron chi connectivity index (χ2n) is 9.01. The number of rotatable bonds is 8. The van der Waals surface area contributed by atoms with E-state index in [1.807, 2.05) is 30.3 Å². The third-order valence-electron chi connectivity index (χ3n) is 6.65. The van der Waals surface area contributed by atoms with Crippen molar-refractivity contribution >= 4 is 11.8 Å². The summed E-state index contributed by atoms with van der Waals surface area (Å²) in [4.78, 5) is 25.6. The van der Waals surface area contributed by atoms with Gasteiger partial charge < -0.3 is 20.7 Å². The van der Waals surface area contributed by atoms with Crippen LogP contribution in [0.1, 0.15) is 63.4 Å². The van der Waals surface area contributed by atoms with E-state index in [2.05, 4.69) is 16.0 Å². The van der Waals surface area contributed by atoms with Gasteiger partial charge in [-0.15, -0.1) is 0 Å². The predicted octanol–water partition coefficient (Wildman–Crippen LogP) is 3.51. The van der Waals surface area contributed by atoms with Gasteiger partial charge in [0.1, 0.15) is 24.2 Å². The first kappa shape index (κ1) is 24.1. The lowest BCUT2D eigenvalue weighted by molar-refractivity contribution is 0.0929. The highest BCUT2D eigenvalue weighted by Crippen LogP contribution is 2.45. The van der Waals surface area contributed by atoms with E-state index < -0.39 is 30.3 Å². The summed E-state index contributed by atoms with van der Waals surface area (Å²) in [5.41, 5.74) is 0.702. The summed E-state index contributed by atoms with van der Waals surface area (Å²) in [6.07, 6.45) is 1.44. The molecule has 1 fully saturated rings. The van der Waals surface area contributed by atoms with E-state index in [-0.39, 0.29) is 17.0 Å². The van der Waals surface area contributed by atoms with Gasteiger partial charge >= 0.3 is 0 Å². The van der Waals surface area contributed by atoms with E-state index in [4.69, 9.17) is 4.74 Å². The molecule has 1 saturated heterocycles. The van der Waals surface area contributed by atoms with Gasteiger partial charge in [-0.2, -0.15) is 0 Å². The number of hydrogen-bond donors (Lipinski definition) is 3. The van der Waals surface area contributed by atoms with Crippen LogP contribution in [0.4, 0.5) is 8.78 Å². The van der Waals surface area contributed by atoms with Gasteiger partial charge in [-0.05, 0) is 49.9 Å². The third kappa shape index (κ3) is 5.06. The molecule has 2 aliphatic heterocycles. The molecule has 0 spiro atoms. The molecule has 182 valence electrons. The molecule has 3 atom stereocenters. The van der Waals surface area contributed by atoms with Crippen LogP contribution >= 0.6 is 0 Å². The van der Waals surface area contributed by atoms with E-state index in [0.29, 0.717) is 43.7 Å². The molecular formula is C26H31F2N3O3. The first-order chi connectivity index (χ1) is 16.5. The maximum absolute atomic E-state index is 14.8. The number of benzene rings is 2. The number of alkyl halides is 2. The Hall–Kier alpha value is -3.00. The topological polar surface area (TPSA) is 79.5 Å². The van der Waals surface area contributed by atoms with Crippen molar-refractivity contribution in [1.82, 2.24) is 16.0 Å². The van der Waals surface area contributed by atoms with E-state index in [1.165, 1.54) is 13.1 Å². The smallest absolute Gasteiger partial charge is 0.254 e. The molecule has 6 nitrogen and oxygen atoms in total. The van der Waals surface area contributed by atoms with Gasteiger partial charge in [-0.1, -0.05) is 30.3 Å². The largest absolute Gasteiger partial charge is 0.486 e. The van der Waals surface area contributed by atoms with Gasteiger partial charge in [0.2, 0.25) is 0 Å². The molecule has 1 unspecified atom stereocenters. The maximum Gasteiger partial charge on any atom is 0.254 e. The Morgan fingerprint density at radius 3 is 2.68 bits per heavy atom. The van der Waals surface area contributed by atoms with Crippen LogP contribution in [-0.4, -0.2) is 56.9 Å². The fraction of sp³-hybridized carbons (Fsp3) is 0.462. The quantitative estimate of drug-likeness (QED) is 0.515. The maximum atomic E-state index is 14.8. The molecule has 3 N–H and O–H groups in total. The first-order valence-electron chi connectivity index (χ1n) is 11.8. The Balaban J connectivity index is 1.55. The molecule has 4 rings (SSSR count). The predicted molar refractivity (Wildman–Crippen MR) is 126 cm³/mol. The average Bonchev–Trinajstić information content (AvgIpc) is 3.25. The lowest BCUT2D eigenvalue weighted by Crippen LogP contribution is -2.42. The van der Waals surface area contributed by atoms with Crippen LogP contribution in [0.5, 0.6) is 5.75 Å². The number of amides is 2. The number of ether oxygens (including phenoxy) is 1. The van der Waals surface area contributed by atoms with Crippen LogP contribution in [0.3, 0.4) is 0 Å². The summed E-state index contributed by atoms with van der Waals surface area (Å²) in [5.74, 6) is -0.918. The molecule has 2 amide bonds. The van der Waals surface area contributed by atoms with E-state index >= 15 is 0 Å². The molecule has 0 radical (unpaired) electrons. The van der Waals surface area contributed by atoms with E-state index in [0.717, 1.165) is 18.5 Å². The first-order valence-corrected chi connectivity index (χ1v) is 11.8. The second kappa shape index (κ2) is 10.5. The van der Waals surface area contributed by atoms with Crippen LogP contribution in [0, 0.1) is 0 Å². The summed E-state index contributed by atoms with van der Waals surface area (Å²) in [7, 11) is 1.49. The lowest BCUT2D eigenvalue weighted by atomic mass is 9.86. The van der Waals surface area contributed by atoms with Crippen molar-refractivity contribution in [1.29, 1.82) is 0 Å². The molecule has 0 bridgehead atoms. The molecule has 2 aromatic carbocycles. The van der Waals surface area contributed by atoms with Crippen molar-refractivity contribution in [3.8, 4) is 5.75 Å². The van der Waals surface area contributed by atoms with Crippen molar-refractivity contribution in [2.75, 3.05) is 33.4 Å². The monoisotopic (exact) mass is 471 g/mol. The van der Waals surface area contributed by atoms with Crippen molar-refractivity contribution in [2.45, 2.75) is 43.4 Å². The molecule has 8 heteroatoms. The summed E-state index contributed by atoms with van der Waals surface area (Å²) in [6.45, 7) is 0.772. The average molecular weight is 472 g/mol. The summed E-state index contributed by atoms with van der Waals surface area (Å²) in [6, 6.07) is 12.5. The minimum atomic E-state index is -1.23. The number of hydrogen-bond acceptors (Lipinski definition) is 4. The Bertz CT molecular complexity index is 1030. The van der Waals surface area contributed by atoms with Crippen LogP contribution in [0.2, 0.25) is 0 Å². The van der Waals surface area contributed by atoms with E-state index in [1.54, 1.807) is 6.07 Å². The molecule has 34 heavy (non-hydrogen) atoms. The fourth-order valence-corrected chi connectivity index (χ4v) is 4.90. The van der Waals surface area contributed by atoms with Crippen molar-refractivity contribution < 1.29 is 23.1 Å². The number of nitrogens with one attached hydrogen (secondary N) is 3. The van der Waals surface area contributed by atoms with Crippen LogP contribution < -0.4 is 20.7 Å². The van der Waals surface area contributed by atoms with Crippen molar-refractivity contribution in [2.24, 2.45) is 0 Å². The molecule has 2 aromatic rings. The minimum Gasteiger partial charge on any atom is -0.486 e. The molecule has 2 aliphatic rings.